The first-order valence-electron chi connectivity index (χ1n) is 11.4. The molecule has 0 atom stereocenters. The van der Waals surface area contributed by atoms with Gasteiger partial charge in [0.1, 0.15) is 5.82 Å². The summed E-state index contributed by atoms with van der Waals surface area (Å²) in [5, 5.41) is 1.02. The molecule has 2 aromatic heterocycles. The van der Waals surface area contributed by atoms with Crippen molar-refractivity contribution in [2.75, 3.05) is 37.5 Å². The lowest BCUT2D eigenvalue weighted by Gasteiger charge is -2.24. The van der Waals surface area contributed by atoms with Gasteiger partial charge in [-0.3, -0.25) is 28.8 Å². The maximum absolute atomic E-state index is 13.0. The molecule has 0 spiro atoms. The molecule has 2 heterocycles. The van der Waals surface area contributed by atoms with Crippen molar-refractivity contribution in [2.24, 2.45) is 5.92 Å². The maximum atomic E-state index is 13.0. The largest absolute Gasteiger partial charge is 0.456 e. The number of aromatic amines is 2. The number of aromatic nitrogens is 3. The van der Waals surface area contributed by atoms with Crippen molar-refractivity contribution in [3.63, 3.8) is 0 Å². The van der Waals surface area contributed by atoms with Gasteiger partial charge in [-0.25, -0.2) is 4.79 Å². The summed E-state index contributed by atoms with van der Waals surface area (Å²) in [6, 6.07) is 7.75. The van der Waals surface area contributed by atoms with E-state index in [2.05, 4.69) is 9.97 Å². The van der Waals surface area contributed by atoms with Crippen LogP contribution in [0.3, 0.4) is 0 Å². The Hall–Kier alpha value is -3.86. The Morgan fingerprint density at radius 3 is 2.66 bits per heavy atom. The van der Waals surface area contributed by atoms with Crippen LogP contribution < -0.4 is 21.9 Å². The highest BCUT2D eigenvalue weighted by atomic mass is 16.5. The molecule has 3 aromatic rings. The lowest BCUT2D eigenvalue weighted by molar-refractivity contribution is -0.147. The van der Waals surface area contributed by atoms with Crippen LogP contribution in [0.2, 0.25) is 0 Å². The van der Waals surface area contributed by atoms with Crippen LogP contribution in [0, 0.1) is 5.92 Å². The number of amides is 1. The van der Waals surface area contributed by atoms with Crippen LogP contribution >= 0.6 is 0 Å². The van der Waals surface area contributed by atoms with Gasteiger partial charge in [0.15, 0.2) is 12.3 Å². The average molecular weight is 486 g/mol. The number of ether oxygens (including phenoxy) is 2. The van der Waals surface area contributed by atoms with Gasteiger partial charge in [-0.1, -0.05) is 32.0 Å². The number of hydrogen-bond acceptors (Lipinski definition) is 7. The molecule has 4 N–H and O–H groups in total. The number of nitrogens with zero attached hydrogens (tertiary/aromatic N) is 2. The van der Waals surface area contributed by atoms with Gasteiger partial charge in [-0.05, 0) is 24.0 Å². The van der Waals surface area contributed by atoms with Crippen LogP contribution in [0.25, 0.3) is 10.9 Å². The van der Waals surface area contributed by atoms with Gasteiger partial charge in [0.25, 0.3) is 11.5 Å². The molecule has 0 radical (unpaired) electrons. The van der Waals surface area contributed by atoms with Gasteiger partial charge >= 0.3 is 11.7 Å². The van der Waals surface area contributed by atoms with E-state index in [1.165, 1.54) is 11.7 Å². The van der Waals surface area contributed by atoms with Gasteiger partial charge in [-0.2, -0.15) is 0 Å². The fourth-order valence-electron chi connectivity index (χ4n) is 3.80. The molecule has 11 heteroatoms. The van der Waals surface area contributed by atoms with E-state index in [0.717, 1.165) is 21.4 Å². The molecule has 0 aliphatic rings. The zero-order chi connectivity index (χ0) is 25.5. The minimum Gasteiger partial charge on any atom is -0.456 e. The van der Waals surface area contributed by atoms with Gasteiger partial charge in [0.05, 0.1) is 6.61 Å². The highest BCUT2D eigenvalue weighted by Gasteiger charge is 2.25. The summed E-state index contributed by atoms with van der Waals surface area (Å²) in [5.74, 6) is -1.28. The molecule has 11 nitrogen and oxygen atoms in total. The number of nitrogens with two attached hydrogens (primary N) is 1. The lowest BCUT2D eigenvalue weighted by Crippen LogP contribution is -2.44. The van der Waals surface area contributed by atoms with Gasteiger partial charge < -0.3 is 20.2 Å². The Bertz CT molecular complexity index is 1310. The number of nitrogen functional groups attached to an aromatic ring is 1. The molecular weight excluding hydrogens is 454 g/mol. The first kappa shape index (κ1) is 25.8. The Kier molecular flexibility index (Phi) is 8.48. The molecule has 0 fully saturated rings. The monoisotopic (exact) mass is 485 g/mol. The van der Waals surface area contributed by atoms with Crippen molar-refractivity contribution >= 4 is 34.3 Å². The number of aryl methyl sites for hydroxylation is 1. The highest BCUT2D eigenvalue weighted by Crippen LogP contribution is 2.20. The molecule has 0 bridgehead atoms. The third-order valence-corrected chi connectivity index (χ3v) is 5.48. The summed E-state index contributed by atoms with van der Waals surface area (Å²) in [6.45, 7) is 3.53. The number of para-hydroxylation sites is 1. The van der Waals surface area contributed by atoms with Crippen LogP contribution in [0.1, 0.15) is 25.8 Å². The van der Waals surface area contributed by atoms with Crippen molar-refractivity contribution in [2.45, 2.75) is 33.2 Å². The van der Waals surface area contributed by atoms with E-state index < -0.39 is 29.7 Å². The molecule has 0 aliphatic carbocycles. The number of H-pyrrole nitrogens is 2. The summed E-state index contributed by atoms with van der Waals surface area (Å²) in [5.41, 5.74) is 6.45. The van der Waals surface area contributed by atoms with Crippen LogP contribution in [-0.2, 0) is 32.0 Å². The van der Waals surface area contributed by atoms with E-state index in [1.807, 2.05) is 44.3 Å². The SMILES string of the molecule is COCCN(C(=O)COC(=O)CCc1c[nH]c2ccccc12)c1c(N)n(CC(C)C)c(=O)[nH]c1=O. The minimum absolute atomic E-state index is 0.0185. The van der Waals surface area contributed by atoms with E-state index >= 15 is 0 Å². The van der Waals surface area contributed by atoms with Crippen LogP contribution in [0.5, 0.6) is 0 Å². The molecule has 1 aromatic carbocycles. The second-order valence-electron chi connectivity index (χ2n) is 8.56. The van der Waals surface area contributed by atoms with E-state index in [0.29, 0.717) is 6.42 Å². The summed E-state index contributed by atoms with van der Waals surface area (Å²) in [6.07, 6.45) is 2.36. The molecule has 1 amide bonds. The molecule has 0 saturated heterocycles. The van der Waals surface area contributed by atoms with Gasteiger partial charge in [0.2, 0.25) is 0 Å². The number of benzene rings is 1. The molecular formula is C24H31N5O6. The number of fused-ring (bicyclic) bond motifs is 1. The molecule has 0 aliphatic heterocycles. The molecule has 188 valence electrons. The smallest absolute Gasteiger partial charge is 0.330 e. The number of carbonyl (C=O) groups excluding carboxylic acids is 2. The molecule has 35 heavy (non-hydrogen) atoms. The van der Waals surface area contributed by atoms with Crippen molar-refractivity contribution < 1.29 is 19.1 Å². The summed E-state index contributed by atoms with van der Waals surface area (Å²) in [4.78, 5) is 56.6. The van der Waals surface area contributed by atoms with Crippen molar-refractivity contribution in [1.29, 1.82) is 0 Å². The number of methoxy groups -OCH3 is 1. The summed E-state index contributed by atoms with van der Waals surface area (Å²) < 4.78 is 11.5. The number of hydrogen-bond donors (Lipinski definition) is 3. The van der Waals surface area contributed by atoms with Crippen LogP contribution in [0.4, 0.5) is 11.5 Å². The van der Waals surface area contributed by atoms with E-state index in [1.54, 1.807) is 0 Å². The third-order valence-electron chi connectivity index (χ3n) is 5.48. The predicted molar refractivity (Wildman–Crippen MR) is 132 cm³/mol. The average Bonchev–Trinajstić information content (AvgIpc) is 3.23. The van der Waals surface area contributed by atoms with Crippen molar-refractivity contribution in [1.82, 2.24) is 14.5 Å². The zero-order valence-corrected chi connectivity index (χ0v) is 20.1. The number of esters is 1. The number of rotatable bonds is 11. The standard InChI is InChI=1S/C24H31N5O6/c1-15(2)13-29-22(25)21(23(32)27-24(29)33)28(10-11-34-3)19(30)14-35-20(31)9-8-16-12-26-18-7-5-4-6-17(16)18/h4-7,12,15,26H,8-11,13-14,25H2,1-3H3,(H,27,32,33). The second kappa shape index (κ2) is 11.5. The van der Waals surface area contributed by atoms with Crippen LogP contribution in [-0.4, -0.2) is 53.3 Å². The van der Waals surface area contributed by atoms with Gasteiger partial charge in [-0.15, -0.1) is 0 Å². The fourth-order valence-corrected chi connectivity index (χ4v) is 3.80. The molecule has 3 rings (SSSR count). The first-order valence-corrected chi connectivity index (χ1v) is 11.4. The fraction of sp³-hybridized carbons (Fsp3) is 0.417. The second-order valence-corrected chi connectivity index (χ2v) is 8.56. The van der Waals surface area contributed by atoms with E-state index in [9.17, 15) is 19.2 Å². The number of nitrogens with one attached hydrogen (secondary N) is 2. The Labute approximate surface area is 201 Å². The summed E-state index contributed by atoms with van der Waals surface area (Å²) in [7, 11) is 1.45. The molecule has 0 unspecified atom stereocenters. The maximum Gasteiger partial charge on any atom is 0.330 e. The normalized spacial score (nSPS) is 11.2. The number of carbonyl (C=O) groups is 2. The first-order chi connectivity index (χ1) is 16.7. The molecule has 0 saturated carbocycles. The predicted octanol–water partition coefficient (Wildman–Crippen LogP) is 1.41. The minimum atomic E-state index is -0.803. The zero-order valence-electron chi connectivity index (χ0n) is 20.1. The van der Waals surface area contributed by atoms with Gasteiger partial charge in [0, 0.05) is 43.7 Å². The van der Waals surface area contributed by atoms with Crippen molar-refractivity contribution in [3.8, 4) is 0 Å². The van der Waals surface area contributed by atoms with Crippen molar-refractivity contribution in [3.05, 3.63) is 56.9 Å². The highest BCUT2D eigenvalue weighted by molar-refractivity contribution is 5.97. The third kappa shape index (κ3) is 6.18. The number of anilines is 2. The summed E-state index contributed by atoms with van der Waals surface area (Å²) >= 11 is 0. The Morgan fingerprint density at radius 1 is 1.20 bits per heavy atom. The lowest BCUT2D eigenvalue weighted by atomic mass is 10.1. The van der Waals surface area contributed by atoms with Crippen LogP contribution in [0.15, 0.2) is 40.1 Å². The quantitative estimate of drug-likeness (QED) is 0.347. The Balaban J connectivity index is 1.71. The van der Waals surface area contributed by atoms with E-state index in [4.69, 9.17) is 15.2 Å². The Morgan fingerprint density at radius 2 is 1.94 bits per heavy atom. The van der Waals surface area contributed by atoms with E-state index in [-0.39, 0.29) is 43.5 Å². The topological polar surface area (TPSA) is 153 Å².